The number of rotatable bonds is 4. The quantitative estimate of drug-likeness (QED) is 0.852. The molecule has 0 heterocycles. The summed E-state index contributed by atoms with van der Waals surface area (Å²) in [5, 5.41) is 3.19. The van der Waals surface area contributed by atoms with Crippen molar-refractivity contribution in [3.05, 3.63) is 33.8 Å². The van der Waals surface area contributed by atoms with Crippen LogP contribution in [-0.4, -0.2) is 18.4 Å². The minimum Gasteiger partial charge on any atom is -0.368 e. The molecule has 0 saturated heterocycles. The predicted molar refractivity (Wildman–Crippen MR) is 62.4 cm³/mol. The molecule has 0 unspecified atom stereocenters. The summed E-state index contributed by atoms with van der Waals surface area (Å²) in [6, 6.07) is 4.98. The fraction of sp³-hybridized carbons (Fsp3) is 0.200. The van der Waals surface area contributed by atoms with Crippen LogP contribution in [0.3, 0.4) is 0 Å². The maximum absolute atomic E-state index is 11.4. The number of hydrogen-bond acceptors (Lipinski definition) is 2. The van der Waals surface area contributed by atoms with E-state index in [1.165, 1.54) is 0 Å². The molecule has 0 aliphatic rings. The summed E-state index contributed by atoms with van der Waals surface area (Å²) in [7, 11) is 0. The fourth-order valence-corrected chi connectivity index (χ4v) is 1.64. The Kier molecular flexibility index (Phi) is 4.58. The number of nitrogens with one attached hydrogen (secondary N) is 1. The Hall–Kier alpha value is -1.26. The number of hydrogen-bond donors (Lipinski definition) is 2. The Morgan fingerprint density at radius 2 is 1.81 bits per heavy atom. The maximum Gasteiger partial charge on any atom is 0.236 e. The largest absolute Gasteiger partial charge is 0.368 e. The molecule has 0 spiro atoms. The molecule has 1 rings (SSSR count). The van der Waals surface area contributed by atoms with Crippen LogP contribution in [0, 0.1) is 0 Å². The molecule has 6 heteroatoms. The first-order valence-corrected chi connectivity index (χ1v) is 5.24. The summed E-state index contributed by atoms with van der Waals surface area (Å²) in [5.74, 6) is -0.951. The van der Waals surface area contributed by atoms with Crippen molar-refractivity contribution in [2.45, 2.75) is 6.42 Å². The average molecular weight is 261 g/mol. The Labute approximate surface area is 103 Å². The number of amides is 2. The summed E-state index contributed by atoms with van der Waals surface area (Å²) in [6.07, 6.45) is 0.0196. The number of carbonyl (C=O) groups is 2. The topological polar surface area (TPSA) is 72.2 Å². The number of nitrogens with two attached hydrogens (primary N) is 1. The number of halogens is 2. The van der Waals surface area contributed by atoms with Crippen LogP contribution < -0.4 is 11.1 Å². The van der Waals surface area contributed by atoms with E-state index >= 15 is 0 Å². The first-order valence-electron chi connectivity index (χ1n) is 4.48. The van der Waals surface area contributed by atoms with Crippen LogP contribution in [0.25, 0.3) is 0 Å². The number of carbonyl (C=O) groups excluding carboxylic acids is 2. The third kappa shape index (κ3) is 3.72. The zero-order valence-electron chi connectivity index (χ0n) is 8.30. The van der Waals surface area contributed by atoms with Crippen LogP contribution in [0.5, 0.6) is 0 Å². The van der Waals surface area contributed by atoms with Crippen LogP contribution in [0.15, 0.2) is 18.2 Å². The first kappa shape index (κ1) is 12.8. The van der Waals surface area contributed by atoms with Gasteiger partial charge in [0.1, 0.15) is 0 Å². The third-order valence-corrected chi connectivity index (χ3v) is 2.57. The highest BCUT2D eigenvalue weighted by Crippen LogP contribution is 2.24. The van der Waals surface area contributed by atoms with E-state index in [0.717, 1.165) is 0 Å². The Bertz CT molecular complexity index is 401. The van der Waals surface area contributed by atoms with Crippen molar-refractivity contribution in [2.75, 3.05) is 6.54 Å². The monoisotopic (exact) mass is 260 g/mol. The van der Waals surface area contributed by atoms with Gasteiger partial charge in [0.2, 0.25) is 11.8 Å². The average Bonchev–Trinajstić information content (AvgIpc) is 2.21. The van der Waals surface area contributed by atoms with Gasteiger partial charge < -0.3 is 11.1 Å². The van der Waals surface area contributed by atoms with Gasteiger partial charge in [0.05, 0.1) is 13.0 Å². The fourth-order valence-electron chi connectivity index (χ4n) is 1.11. The van der Waals surface area contributed by atoms with Crippen molar-refractivity contribution in [1.29, 1.82) is 0 Å². The van der Waals surface area contributed by atoms with E-state index in [0.29, 0.717) is 15.6 Å². The zero-order valence-corrected chi connectivity index (χ0v) is 9.81. The van der Waals surface area contributed by atoms with E-state index in [9.17, 15) is 9.59 Å². The second kappa shape index (κ2) is 5.72. The van der Waals surface area contributed by atoms with Gasteiger partial charge in [-0.3, -0.25) is 9.59 Å². The highest BCUT2D eigenvalue weighted by molar-refractivity contribution is 6.36. The lowest BCUT2D eigenvalue weighted by molar-refractivity contribution is -0.124. The smallest absolute Gasteiger partial charge is 0.236 e. The van der Waals surface area contributed by atoms with Gasteiger partial charge in [0.15, 0.2) is 0 Å². The van der Waals surface area contributed by atoms with Crippen molar-refractivity contribution >= 4 is 35.0 Å². The Morgan fingerprint density at radius 1 is 1.25 bits per heavy atom. The SMILES string of the molecule is NC(=O)CNC(=O)Cc1c(Cl)cccc1Cl. The summed E-state index contributed by atoms with van der Waals surface area (Å²) in [5.41, 5.74) is 5.42. The van der Waals surface area contributed by atoms with Gasteiger partial charge in [-0.15, -0.1) is 0 Å². The molecule has 0 bridgehead atoms. The van der Waals surface area contributed by atoms with Gasteiger partial charge in [-0.05, 0) is 17.7 Å². The molecular formula is C10H10Cl2N2O2. The van der Waals surface area contributed by atoms with Crippen LogP contribution >= 0.6 is 23.2 Å². The van der Waals surface area contributed by atoms with Gasteiger partial charge in [0.25, 0.3) is 0 Å². The van der Waals surface area contributed by atoms with Gasteiger partial charge in [-0.2, -0.15) is 0 Å². The second-order valence-corrected chi connectivity index (χ2v) is 3.93. The van der Waals surface area contributed by atoms with E-state index in [4.69, 9.17) is 28.9 Å². The van der Waals surface area contributed by atoms with E-state index < -0.39 is 5.91 Å². The third-order valence-electron chi connectivity index (χ3n) is 1.86. The van der Waals surface area contributed by atoms with E-state index in [1.54, 1.807) is 18.2 Å². The van der Waals surface area contributed by atoms with Crippen molar-refractivity contribution < 1.29 is 9.59 Å². The predicted octanol–water partition coefficient (Wildman–Crippen LogP) is 1.14. The molecule has 0 saturated carbocycles. The number of primary amides is 1. The van der Waals surface area contributed by atoms with E-state index in [2.05, 4.69) is 5.32 Å². The lowest BCUT2D eigenvalue weighted by Gasteiger charge is -2.06. The Morgan fingerprint density at radius 3 is 2.31 bits per heavy atom. The van der Waals surface area contributed by atoms with Gasteiger partial charge in [0, 0.05) is 10.0 Å². The molecule has 0 aliphatic heterocycles. The molecule has 86 valence electrons. The highest BCUT2D eigenvalue weighted by Gasteiger charge is 2.10. The van der Waals surface area contributed by atoms with E-state index in [1.807, 2.05) is 0 Å². The van der Waals surface area contributed by atoms with Gasteiger partial charge in [-0.1, -0.05) is 29.3 Å². The van der Waals surface area contributed by atoms with Crippen molar-refractivity contribution in [3.8, 4) is 0 Å². The highest BCUT2D eigenvalue weighted by atomic mass is 35.5. The molecule has 0 aromatic heterocycles. The van der Waals surface area contributed by atoms with Crippen LogP contribution in [0.1, 0.15) is 5.56 Å². The maximum atomic E-state index is 11.4. The summed E-state index contributed by atoms with van der Waals surface area (Å²) in [4.78, 5) is 21.8. The summed E-state index contributed by atoms with van der Waals surface area (Å²) in [6.45, 7) is -0.194. The van der Waals surface area contributed by atoms with E-state index in [-0.39, 0.29) is 18.9 Å². The molecule has 4 nitrogen and oxygen atoms in total. The minimum atomic E-state index is -0.599. The summed E-state index contributed by atoms with van der Waals surface area (Å²) < 4.78 is 0. The van der Waals surface area contributed by atoms with Gasteiger partial charge >= 0.3 is 0 Å². The second-order valence-electron chi connectivity index (χ2n) is 3.12. The molecule has 1 aromatic rings. The van der Waals surface area contributed by atoms with Crippen LogP contribution in [-0.2, 0) is 16.0 Å². The molecular weight excluding hydrogens is 251 g/mol. The molecule has 0 aliphatic carbocycles. The molecule has 16 heavy (non-hydrogen) atoms. The van der Waals surface area contributed by atoms with Gasteiger partial charge in [-0.25, -0.2) is 0 Å². The molecule has 2 amide bonds. The zero-order chi connectivity index (χ0) is 12.1. The lowest BCUT2D eigenvalue weighted by atomic mass is 10.1. The van der Waals surface area contributed by atoms with Crippen molar-refractivity contribution in [3.63, 3.8) is 0 Å². The molecule has 0 radical (unpaired) electrons. The Balaban J connectivity index is 2.66. The molecule has 1 aromatic carbocycles. The molecule has 0 fully saturated rings. The first-order chi connectivity index (χ1) is 7.50. The summed E-state index contributed by atoms with van der Waals surface area (Å²) >= 11 is 11.8. The van der Waals surface area contributed by atoms with Crippen molar-refractivity contribution in [2.24, 2.45) is 5.73 Å². The molecule has 0 atom stereocenters. The van der Waals surface area contributed by atoms with Crippen LogP contribution in [0.2, 0.25) is 10.0 Å². The normalized spacial score (nSPS) is 9.88. The van der Waals surface area contributed by atoms with Crippen molar-refractivity contribution in [1.82, 2.24) is 5.32 Å². The lowest BCUT2D eigenvalue weighted by Crippen LogP contribution is -2.34. The van der Waals surface area contributed by atoms with Crippen LogP contribution in [0.4, 0.5) is 0 Å². The minimum absolute atomic E-state index is 0.0196. The molecule has 3 N–H and O–H groups in total. The number of benzene rings is 1. The standard InChI is InChI=1S/C10H10Cl2N2O2/c11-7-2-1-3-8(12)6(7)4-10(16)14-5-9(13)15/h1-3H,4-5H2,(H2,13,15)(H,14,16).